The van der Waals surface area contributed by atoms with Crippen LogP contribution in [0.15, 0.2) is 24.3 Å². The molecule has 0 aliphatic heterocycles. The van der Waals surface area contributed by atoms with Crippen LogP contribution >= 0.6 is 0 Å². The molecule has 0 amide bonds. The fraction of sp³-hybridized carbons (Fsp3) is 0.789. The van der Waals surface area contributed by atoms with Crippen LogP contribution in [0, 0.1) is 34.5 Å². The number of fused-ring (bicyclic) bond motifs is 5. The summed E-state index contributed by atoms with van der Waals surface area (Å²) in [4.78, 5) is 0. The van der Waals surface area contributed by atoms with E-state index in [1.54, 1.807) is 0 Å². The summed E-state index contributed by atoms with van der Waals surface area (Å²) in [6.45, 7) is 4.66. The first-order valence-electron chi connectivity index (χ1n) is 8.85. The Bertz CT molecular complexity index is 530. The first-order valence-corrected chi connectivity index (χ1v) is 8.85. The van der Waals surface area contributed by atoms with Gasteiger partial charge in [0.05, 0.1) is 12.2 Å². The number of hydrogen-bond donors (Lipinski definition) is 3. The highest BCUT2D eigenvalue weighted by atomic mass is 16.3. The molecule has 0 spiro atoms. The van der Waals surface area contributed by atoms with Crippen molar-refractivity contribution in [3.63, 3.8) is 0 Å². The van der Waals surface area contributed by atoms with Crippen molar-refractivity contribution in [1.29, 1.82) is 0 Å². The van der Waals surface area contributed by atoms with Gasteiger partial charge in [0.15, 0.2) is 0 Å². The van der Waals surface area contributed by atoms with Crippen molar-refractivity contribution < 1.29 is 10.2 Å². The molecule has 0 heterocycles. The van der Waals surface area contributed by atoms with Gasteiger partial charge >= 0.3 is 0 Å². The molecule has 0 bridgehead atoms. The molecule has 3 heteroatoms. The Morgan fingerprint density at radius 2 is 1.82 bits per heavy atom. The molecule has 122 valence electrons. The van der Waals surface area contributed by atoms with E-state index < -0.39 is 0 Å². The van der Waals surface area contributed by atoms with E-state index in [-0.39, 0.29) is 29.1 Å². The molecule has 0 saturated heterocycles. The third-order valence-corrected chi connectivity index (χ3v) is 7.78. The van der Waals surface area contributed by atoms with Crippen LogP contribution in [0.5, 0.6) is 0 Å². The maximum absolute atomic E-state index is 10.3. The predicted molar refractivity (Wildman–Crippen MR) is 86.9 cm³/mol. The number of aliphatic hydroxyl groups is 2. The van der Waals surface area contributed by atoms with Crippen LogP contribution in [0.2, 0.25) is 0 Å². The van der Waals surface area contributed by atoms with Gasteiger partial charge in [0.25, 0.3) is 0 Å². The van der Waals surface area contributed by atoms with Gasteiger partial charge in [-0.2, -0.15) is 0 Å². The largest absolute Gasteiger partial charge is 0.391 e. The molecule has 4 aliphatic carbocycles. The Balaban J connectivity index is 1.71. The van der Waals surface area contributed by atoms with E-state index in [1.807, 2.05) is 6.08 Å². The van der Waals surface area contributed by atoms with E-state index in [1.165, 1.54) is 6.42 Å². The average Bonchev–Trinajstić information content (AvgIpc) is 2.72. The molecule has 1 unspecified atom stereocenters. The fourth-order valence-electron chi connectivity index (χ4n) is 6.23. The monoisotopic (exact) mass is 303 g/mol. The van der Waals surface area contributed by atoms with Crippen LogP contribution in [0.1, 0.15) is 39.5 Å². The summed E-state index contributed by atoms with van der Waals surface area (Å²) >= 11 is 0. The molecule has 22 heavy (non-hydrogen) atoms. The highest BCUT2D eigenvalue weighted by Gasteiger charge is 2.59. The molecule has 9 atom stereocenters. The van der Waals surface area contributed by atoms with E-state index in [0.717, 1.165) is 19.3 Å². The van der Waals surface area contributed by atoms with Crippen LogP contribution in [0.4, 0.5) is 0 Å². The molecule has 0 radical (unpaired) electrons. The second-order valence-corrected chi connectivity index (χ2v) is 8.68. The van der Waals surface area contributed by atoms with Gasteiger partial charge in [-0.25, -0.2) is 0 Å². The Labute approximate surface area is 133 Å². The lowest BCUT2D eigenvalue weighted by Gasteiger charge is -2.56. The normalized spacial score (nSPS) is 59.8. The molecule has 3 nitrogen and oxygen atoms in total. The van der Waals surface area contributed by atoms with Crippen LogP contribution < -0.4 is 5.73 Å². The Morgan fingerprint density at radius 1 is 1.05 bits per heavy atom. The van der Waals surface area contributed by atoms with E-state index in [0.29, 0.717) is 23.7 Å². The van der Waals surface area contributed by atoms with Gasteiger partial charge < -0.3 is 15.9 Å². The van der Waals surface area contributed by atoms with Gasteiger partial charge in [-0.15, -0.1) is 0 Å². The second-order valence-electron chi connectivity index (χ2n) is 8.68. The van der Waals surface area contributed by atoms with Crippen LogP contribution in [-0.2, 0) is 0 Å². The molecule has 2 saturated carbocycles. The fourth-order valence-corrected chi connectivity index (χ4v) is 6.23. The molecule has 0 aromatic rings. The average molecular weight is 303 g/mol. The quantitative estimate of drug-likeness (QED) is 0.601. The molecular weight excluding hydrogens is 274 g/mol. The van der Waals surface area contributed by atoms with Crippen molar-refractivity contribution in [2.24, 2.45) is 40.2 Å². The lowest BCUT2D eigenvalue weighted by molar-refractivity contribution is -0.0233. The van der Waals surface area contributed by atoms with Crippen molar-refractivity contribution in [2.75, 3.05) is 0 Å². The summed E-state index contributed by atoms with van der Waals surface area (Å²) < 4.78 is 0. The van der Waals surface area contributed by atoms with Gasteiger partial charge in [0, 0.05) is 6.04 Å². The molecule has 4 rings (SSSR count). The number of allylic oxidation sites excluding steroid dienone is 3. The molecule has 0 aromatic heterocycles. The predicted octanol–water partition coefficient (Wildman–Crippen LogP) is 2.24. The molecule has 0 aromatic carbocycles. The zero-order valence-corrected chi connectivity index (χ0v) is 13.7. The summed E-state index contributed by atoms with van der Waals surface area (Å²) in [7, 11) is 0. The lowest BCUT2D eigenvalue weighted by atomic mass is 9.48. The van der Waals surface area contributed by atoms with Crippen LogP contribution in [0.25, 0.3) is 0 Å². The van der Waals surface area contributed by atoms with Crippen molar-refractivity contribution in [3.8, 4) is 0 Å². The number of rotatable bonds is 0. The van der Waals surface area contributed by atoms with Crippen molar-refractivity contribution in [3.05, 3.63) is 24.3 Å². The first kappa shape index (κ1) is 14.9. The number of aliphatic hydroxyl groups excluding tert-OH is 2. The molecular formula is C19H29NO2. The second kappa shape index (κ2) is 4.68. The maximum atomic E-state index is 10.3. The molecule has 4 aliphatic rings. The summed E-state index contributed by atoms with van der Waals surface area (Å²) in [5.41, 5.74) is 6.58. The summed E-state index contributed by atoms with van der Waals surface area (Å²) in [5, 5.41) is 20.3. The van der Waals surface area contributed by atoms with Crippen molar-refractivity contribution in [1.82, 2.24) is 0 Å². The summed E-state index contributed by atoms with van der Waals surface area (Å²) in [6, 6.07) is -0.0823. The minimum atomic E-state index is -0.351. The Morgan fingerprint density at radius 3 is 2.59 bits per heavy atom. The minimum Gasteiger partial charge on any atom is -0.391 e. The number of hydrogen-bond acceptors (Lipinski definition) is 3. The number of nitrogens with two attached hydrogens (primary N) is 1. The highest BCUT2D eigenvalue weighted by molar-refractivity contribution is 5.25. The summed E-state index contributed by atoms with van der Waals surface area (Å²) in [6.07, 6.45) is 12.3. The third-order valence-electron chi connectivity index (χ3n) is 7.78. The van der Waals surface area contributed by atoms with E-state index in [4.69, 9.17) is 5.73 Å². The molecule has 2 fully saturated rings. The third kappa shape index (κ3) is 1.79. The van der Waals surface area contributed by atoms with Crippen LogP contribution in [-0.4, -0.2) is 28.5 Å². The smallest absolute Gasteiger partial charge is 0.0727 e. The van der Waals surface area contributed by atoms with Gasteiger partial charge in [-0.1, -0.05) is 38.2 Å². The van der Waals surface area contributed by atoms with E-state index >= 15 is 0 Å². The van der Waals surface area contributed by atoms with Gasteiger partial charge in [-0.05, 0) is 60.2 Å². The standard InChI is InChI=1S/C19H29NO2/c1-18-7-5-12(21)9-11(18)3-4-13-14(18)6-8-19(2)15(13)10-16(22)17(19)20/h3-5,7,11-17,21-22H,6,8-10,20H2,1-2H3/t11?,12-,13-,14+,15+,16+,17-,18+,19+/m1/s1. The SMILES string of the molecule is C[C@]12CC[C@H]3[C@@H](C=CC4C[C@H](O)C=C[C@@]43C)[C@@H]1C[C@H](O)[C@H]2N. The van der Waals surface area contributed by atoms with Gasteiger partial charge in [0.2, 0.25) is 0 Å². The Kier molecular flexibility index (Phi) is 3.18. The summed E-state index contributed by atoms with van der Waals surface area (Å²) in [5.74, 6) is 2.06. The molecule has 4 N–H and O–H groups in total. The highest BCUT2D eigenvalue weighted by Crippen LogP contribution is 2.63. The Hall–Kier alpha value is -0.640. The van der Waals surface area contributed by atoms with E-state index in [9.17, 15) is 10.2 Å². The van der Waals surface area contributed by atoms with Crippen molar-refractivity contribution in [2.45, 2.75) is 57.8 Å². The topological polar surface area (TPSA) is 66.5 Å². The van der Waals surface area contributed by atoms with Crippen molar-refractivity contribution >= 4 is 0 Å². The zero-order valence-electron chi connectivity index (χ0n) is 13.7. The first-order chi connectivity index (χ1) is 10.4. The van der Waals surface area contributed by atoms with Crippen LogP contribution in [0.3, 0.4) is 0 Å². The van der Waals surface area contributed by atoms with Gasteiger partial charge in [0.1, 0.15) is 0 Å². The maximum Gasteiger partial charge on any atom is 0.0727 e. The zero-order chi connectivity index (χ0) is 15.7. The van der Waals surface area contributed by atoms with E-state index in [2.05, 4.69) is 32.1 Å². The minimum absolute atomic E-state index is 0.0754. The van der Waals surface area contributed by atoms with Gasteiger partial charge in [-0.3, -0.25) is 0 Å². The lowest BCUT2D eigenvalue weighted by Crippen LogP contribution is -2.53.